The average Bonchev–Trinajstić information content (AvgIpc) is 3.10. The van der Waals surface area contributed by atoms with Crippen LogP contribution in [0.2, 0.25) is 5.02 Å². The van der Waals surface area contributed by atoms with E-state index in [2.05, 4.69) is 20.8 Å². The standard InChI is InChI=1S/C20H21ClFN5O3/c21-13-5-4-12(7-14(13)22)30-8-16(28)23-19-9-20(10-19,11-19)24-18(29)17-26-25-15-3-1-2-6-27(15)17/h4-5,7H,1-3,6,8-11H2,(H,23,28)(H,24,29). The number of aryl methyl sites for hydroxylation is 1. The normalized spacial score (nSPS) is 26.1. The van der Waals surface area contributed by atoms with E-state index >= 15 is 0 Å². The summed E-state index contributed by atoms with van der Waals surface area (Å²) in [6, 6.07) is 4.03. The molecule has 10 heteroatoms. The first kappa shape index (κ1) is 19.3. The molecule has 1 aromatic carbocycles. The van der Waals surface area contributed by atoms with Crippen LogP contribution in [0.25, 0.3) is 0 Å². The third kappa shape index (κ3) is 3.30. The number of rotatable bonds is 6. The van der Waals surface area contributed by atoms with E-state index in [-0.39, 0.29) is 40.3 Å². The average molecular weight is 434 g/mol. The van der Waals surface area contributed by atoms with Gasteiger partial charge >= 0.3 is 0 Å². The zero-order chi connectivity index (χ0) is 20.9. The zero-order valence-corrected chi connectivity index (χ0v) is 17.0. The van der Waals surface area contributed by atoms with Crippen molar-refractivity contribution in [1.29, 1.82) is 0 Å². The summed E-state index contributed by atoms with van der Waals surface area (Å²) in [7, 11) is 0. The molecule has 2 bridgehead atoms. The van der Waals surface area contributed by atoms with Gasteiger partial charge in [-0.25, -0.2) is 4.39 Å². The largest absolute Gasteiger partial charge is 0.484 e. The number of aromatic nitrogens is 3. The number of fused-ring (bicyclic) bond motifs is 1. The van der Waals surface area contributed by atoms with Gasteiger partial charge in [0.1, 0.15) is 17.4 Å². The lowest BCUT2D eigenvalue weighted by molar-refractivity contribution is -0.141. The van der Waals surface area contributed by atoms with Crippen molar-refractivity contribution in [2.24, 2.45) is 0 Å². The van der Waals surface area contributed by atoms with Gasteiger partial charge in [-0.2, -0.15) is 0 Å². The molecule has 3 saturated carbocycles. The molecule has 1 aromatic heterocycles. The van der Waals surface area contributed by atoms with Crippen LogP contribution in [-0.4, -0.2) is 44.3 Å². The maximum atomic E-state index is 13.4. The van der Waals surface area contributed by atoms with E-state index in [0.717, 1.165) is 37.7 Å². The zero-order valence-electron chi connectivity index (χ0n) is 16.2. The molecule has 1 aliphatic heterocycles. The van der Waals surface area contributed by atoms with Crippen LogP contribution in [0, 0.1) is 5.82 Å². The maximum Gasteiger partial charge on any atom is 0.289 e. The first-order valence-electron chi connectivity index (χ1n) is 10.0. The molecule has 158 valence electrons. The Morgan fingerprint density at radius 2 is 1.93 bits per heavy atom. The van der Waals surface area contributed by atoms with Crippen molar-refractivity contribution in [2.45, 2.75) is 56.1 Å². The minimum atomic E-state index is -0.597. The lowest BCUT2D eigenvalue weighted by atomic mass is 9.44. The SMILES string of the molecule is O=C(COc1ccc(Cl)c(F)c1)NC12CC(NC(=O)c3nnc4n3CCCC4)(C1)C2. The van der Waals surface area contributed by atoms with Crippen LogP contribution >= 0.6 is 11.6 Å². The molecular weight excluding hydrogens is 413 g/mol. The molecule has 3 aliphatic carbocycles. The molecule has 8 nitrogen and oxygen atoms in total. The third-order valence-corrected chi connectivity index (χ3v) is 6.44. The fraction of sp³-hybridized carbons (Fsp3) is 0.500. The number of hydrogen-bond donors (Lipinski definition) is 2. The van der Waals surface area contributed by atoms with E-state index in [1.54, 1.807) is 0 Å². The van der Waals surface area contributed by atoms with Crippen molar-refractivity contribution < 1.29 is 18.7 Å². The molecule has 2 amide bonds. The highest BCUT2D eigenvalue weighted by Crippen LogP contribution is 2.60. The van der Waals surface area contributed by atoms with E-state index in [1.807, 2.05) is 4.57 Å². The van der Waals surface area contributed by atoms with E-state index < -0.39 is 5.82 Å². The van der Waals surface area contributed by atoms with Crippen molar-refractivity contribution in [1.82, 2.24) is 25.4 Å². The van der Waals surface area contributed by atoms with E-state index in [0.29, 0.717) is 25.1 Å². The second kappa shape index (κ2) is 6.94. The van der Waals surface area contributed by atoms with Gasteiger partial charge in [-0.3, -0.25) is 9.59 Å². The highest BCUT2D eigenvalue weighted by molar-refractivity contribution is 6.30. The molecule has 4 aliphatic rings. The fourth-order valence-corrected chi connectivity index (χ4v) is 4.99. The van der Waals surface area contributed by atoms with Crippen molar-refractivity contribution in [3.05, 3.63) is 40.7 Å². The molecule has 3 fully saturated rings. The van der Waals surface area contributed by atoms with Gasteiger partial charge in [0.25, 0.3) is 11.8 Å². The van der Waals surface area contributed by atoms with Crippen LogP contribution in [0.4, 0.5) is 4.39 Å². The predicted octanol–water partition coefficient (Wildman–Crippen LogP) is 2.01. The summed E-state index contributed by atoms with van der Waals surface area (Å²) in [5.41, 5.74) is -0.588. The lowest BCUT2D eigenvalue weighted by Crippen LogP contribution is -2.84. The summed E-state index contributed by atoms with van der Waals surface area (Å²) in [5.74, 6) is 0.398. The number of carbonyl (C=O) groups excluding carboxylic acids is 2. The Bertz CT molecular complexity index is 1020. The fourth-order valence-electron chi connectivity index (χ4n) is 4.87. The number of ether oxygens (including phenoxy) is 1. The predicted molar refractivity (Wildman–Crippen MR) is 105 cm³/mol. The Kier molecular flexibility index (Phi) is 4.46. The second-order valence-electron chi connectivity index (χ2n) is 8.51. The van der Waals surface area contributed by atoms with Gasteiger partial charge in [0.2, 0.25) is 5.82 Å². The summed E-state index contributed by atoms with van der Waals surface area (Å²) >= 11 is 5.63. The second-order valence-corrected chi connectivity index (χ2v) is 8.91. The molecule has 2 N–H and O–H groups in total. The van der Waals surface area contributed by atoms with Crippen LogP contribution in [0.5, 0.6) is 5.75 Å². The summed E-state index contributed by atoms with van der Waals surface area (Å²) in [6.45, 7) is 0.559. The van der Waals surface area contributed by atoms with Crippen LogP contribution < -0.4 is 15.4 Å². The summed E-state index contributed by atoms with van der Waals surface area (Å²) in [6.07, 6.45) is 4.97. The van der Waals surface area contributed by atoms with Crippen LogP contribution in [0.3, 0.4) is 0 Å². The van der Waals surface area contributed by atoms with E-state index in [9.17, 15) is 14.0 Å². The highest BCUT2D eigenvalue weighted by Gasteiger charge is 2.69. The molecule has 30 heavy (non-hydrogen) atoms. The number of amides is 2. The Morgan fingerprint density at radius 3 is 2.70 bits per heavy atom. The lowest BCUT2D eigenvalue weighted by Gasteiger charge is -2.70. The Labute approximate surface area is 177 Å². The topological polar surface area (TPSA) is 98.1 Å². The third-order valence-electron chi connectivity index (χ3n) is 6.14. The van der Waals surface area contributed by atoms with Crippen molar-refractivity contribution in [2.75, 3.05) is 6.61 Å². The van der Waals surface area contributed by atoms with E-state index in [1.165, 1.54) is 12.1 Å². The van der Waals surface area contributed by atoms with Crippen molar-refractivity contribution in [3.8, 4) is 5.75 Å². The molecular formula is C20H21ClFN5O3. The van der Waals surface area contributed by atoms with Gasteiger partial charge in [-0.1, -0.05) is 11.6 Å². The summed E-state index contributed by atoms with van der Waals surface area (Å²) < 4.78 is 20.7. The van der Waals surface area contributed by atoms with Gasteiger partial charge in [-0.05, 0) is 44.2 Å². The molecule has 0 saturated heterocycles. The molecule has 0 unspecified atom stereocenters. The summed E-state index contributed by atoms with van der Waals surface area (Å²) in [4.78, 5) is 24.9. The summed E-state index contributed by atoms with van der Waals surface area (Å²) in [5, 5.41) is 14.2. The van der Waals surface area contributed by atoms with E-state index in [4.69, 9.17) is 16.3 Å². The minimum Gasteiger partial charge on any atom is -0.484 e. The van der Waals surface area contributed by atoms with Crippen molar-refractivity contribution >= 4 is 23.4 Å². The monoisotopic (exact) mass is 433 g/mol. The van der Waals surface area contributed by atoms with Gasteiger partial charge in [-0.15, -0.1) is 10.2 Å². The molecule has 0 spiro atoms. The smallest absolute Gasteiger partial charge is 0.289 e. The van der Waals surface area contributed by atoms with Gasteiger partial charge < -0.3 is 19.9 Å². The van der Waals surface area contributed by atoms with Crippen LogP contribution in [0.15, 0.2) is 18.2 Å². The molecule has 6 rings (SSSR count). The quantitative estimate of drug-likeness (QED) is 0.726. The first-order valence-corrected chi connectivity index (χ1v) is 10.4. The first-order chi connectivity index (χ1) is 14.4. The Morgan fingerprint density at radius 1 is 1.17 bits per heavy atom. The molecule has 0 radical (unpaired) electrons. The van der Waals surface area contributed by atoms with Gasteiger partial charge in [0.05, 0.1) is 5.02 Å². The maximum absolute atomic E-state index is 13.4. The molecule has 2 heterocycles. The van der Waals surface area contributed by atoms with Crippen LogP contribution in [-0.2, 0) is 17.8 Å². The number of nitrogens with one attached hydrogen (secondary N) is 2. The molecule has 0 atom stereocenters. The number of benzene rings is 1. The number of carbonyl (C=O) groups is 2. The van der Waals surface area contributed by atoms with Crippen molar-refractivity contribution in [3.63, 3.8) is 0 Å². The highest BCUT2D eigenvalue weighted by atomic mass is 35.5. The Hall–Kier alpha value is -2.68. The number of halogens is 2. The van der Waals surface area contributed by atoms with Gasteiger partial charge in [0.15, 0.2) is 6.61 Å². The minimum absolute atomic E-state index is 0.000321. The number of nitrogens with zero attached hydrogens (tertiary/aromatic N) is 3. The van der Waals surface area contributed by atoms with Crippen LogP contribution in [0.1, 0.15) is 48.5 Å². The number of hydrogen-bond acceptors (Lipinski definition) is 5. The Balaban J connectivity index is 1.11. The molecule has 2 aromatic rings. The van der Waals surface area contributed by atoms with Gasteiger partial charge in [0, 0.05) is 30.1 Å².